The molecule has 20 heavy (non-hydrogen) atoms. The summed E-state index contributed by atoms with van der Waals surface area (Å²) in [7, 11) is -4.28. The lowest BCUT2D eigenvalue weighted by molar-refractivity contribution is -0.139. The van der Waals surface area contributed by atoms with E-state index in [1.165, 1.54) is 18.4 Å². The fourth-order valence-electron chi connectivity index (χ4n) is 1.59. The van der Waals surface area contributed by atoms with Crippen LogP contribution >= 0.6 is 0 Å². The number of nitrogens with one attached hydrogen (secondary N) is 1. The van der Waals surface area contributed by atoms with E-state index in [-0.39, 0.29) is 6.54 Å². The first-order valence-electron chi connectivity index (χ1n) is 5.49. The van der Waals surface area contributed by atoms with E-state index in [1.54, 1.807) is 6.07 Å². The van der Waals surface area contributed by atoms with E-state index in [1.807, 2.05) is 0 Å². The smallest absolute Gasteiger partial charge is 0.417 e. The Morgan fingerprint density at radius 3 is 2.40 bits per heavy atom. The molecule has 8 heteroatoms. The summed E-state index contributed by atoms with van der Waals surface area (Å²) in [5.41, 5.74) is -1.20. The Hall–Kier alpha value is -1.80. The van der Waals surface area contributed by atoms with Crippen molar-refractivity contribution in [1.82, 2.24) is 4.72 Å². The maximum atomic E-state index is 12.8. The minimum absolute atomic E-state index is 0.221. The zero-order valence-corrected chi connectivity index (χ0v) is 10.8. The first-order valence-corrected chi connectivity index (χ1v) is 6.97. The predicted octanol–water partition coefficient (Wildman–Crippen LogP) is 2.78. The Morgan fingerprint density at radius 2 is 1.80 bits per heavy atom. The van der Waals surface area contributed by atoms with Gasteiger partial charge in [0.1, 0.15) is 5.76 Å². The van der Waals surface area contributed by atoms with Crippen molar-refractivity contribution in [3.05, 3.63) is 54.0 Å². The van der Waals surface area contributed by atoms with Gasteiger partial charge in [0.05, 0.1) is 23.3 Å². The van der Waals surface area contributed by atoms with E-state index in [0.29, 0.717) is 5.76 Å². The quantitative estimate of drug-likeness (QED) is 0.945. The highest BCUT2D eigenvalue weighted by atomic mass is 32.2. The molecule has 0 fully saturated rings. The van der Waals surface area contributed by atoms with Crippen molar-refractivity contribution in [2.75, 3.05) is 0 Å². The van der Waals surface area contributed by atoms with Crippen LogP contribution < -0.4 is 4.72 Å². The summed E-state index contributed by atoms with van der Waals surface area (Å²) in [6.45, 7) is -0.221. The van der Waals surface area contributed by atoms with E-state index >= 15 is 0 Å². The van der Waals surface area contributed by atoms with Crippen LogP contribution in [0.2, 0.25) is 0 Å². The Kier molecular flexibility index (Phi) is 3.87. The molecule has 108 valence electrons. The van der Waals surface area contributed by atoms with Crippen LogP contribution in [0, 0.1) is 0 Å². The molecule has 1 heterocycles. The summed E-state index contributed by atoms with van der Waals surface area (Å²) in [6, 6.07) is 7.06. The number of rotatable bonds is 4. The second-order valence-corrected chi connectivity index (χ2v) is 5.63. The zero-order valence-electron chi connectivity index (χ0n) is 10.0. The van der Waals surface area contributed by atoms with Gasteiger partial charge in [-0.25, -0.2) is 13.1 Å². The second-order valence-electron chi connectivity index (χ2n) is 3.90. The van der Waals surface area contributed by atoms with Gasteiger partial charge in [0.15, 0.2) is 0 Å². The van der Waals surface area contributed by atoms with Crippen LogP contribution in [-0.4, -0.2) is 8.42 Å². The third kappa shape index (κ3) is 3.20. The number of halogens is 3. The fraction of sp³-hybridized carbons (Fsp3) is 0.167. The molecular formula is C12H10F3NO3S. The molecule has 0 aliphatic heterocycles. The molecule has 1 N–H and O–H groups in total. The molecule has 2 aromatic rings. The topological polar surface area (TPSA) is 59.3 Å². The lowest BCUT2D eigenvalue weighted by atomic mass is 10.2. The van der Waals surface area contributed by atoms with Crippen LogP contribution in [0.1, 0.15) is 11.3 Å². The maximum Gasteiger partial charge on any atom is 0.417 e. The summed E-state index contributed by atoms with van der Waals surface area (Å²) < 4.78 is 69.2. The lowest BCUT2D eigenvalue weighted by Gasteiger charge is -2.13. The van der Waals surface area contributed by atoms with Gasteiger partial charge in [-0.2, -0.15) is 13.2 Å². The zero-order chi connectivity index (χ0) is 14.8. The van der Waals surface area contributed by atoms with Crippen molar-refractivity contribution >= 4 is 10.0 Å². The predicted molar refractivity (Wildman–Crippen MR) is 64.2 cm³/mol. The number of hydrogen-bond acceptors (Lipinski definition) is 3. The summed E-state index contributed by atoms with van der Waals surface area (Å²) in [5, 5.41) is 0. The molecular weight excluding hydrogens is 295 g/mol. The molecule has 0 radical (unpaired) electrons. The standard InChI is InChI=1S/C12H10F3NO3S/c13-12(14,15)10-5-1-2-6-11(10)20(17,18)16-8-9-4-3-7-19-9/h1-7,16H,8H2. The average molecular weight is 305 g/mol. The van der Waals surface area contributed by atoms with Gasteiger partial charge in [0.2, 0.25) is 10.0 Å². The van der Waals surface area contributed by atoms with Crippen LogP contribution in [0.25, 0.3) is 0 Å². The van der Waals surface area contributed by atoms with Crippen molar-refractivity contribution in [2.45, 2.75) is 17.6 Å². The molecule has 0 saturated carbocycles. The first-order chi connectivity index (χ1) is 9.31. The average Bonchev–Trinajstić information content (AvgIpc) is 2.89. The number of hydrogen-bond donors (Lipinski definition) is 1. The molecule has 0 bridgehead atoms. The van der Waals surface area contributed by atoms with Gasteiger partial charge < -0.3 is 4.42 Å². The van der Waals surface area contributed by atoms with Crippen molar-refractivity contribution in [3.8, 4) is 0 Å². The molecule has 0 saturated heterocycles. The molecule has 1 aromatic carbocycles. The third-order valence-corrected chi connectivity index (χ3v) is 3.96. The second kappa shape index (κ2) is 5.29. The van der Waals surface area contributed by atoms with Gasteiger partial charge in [-0.1, -0.05) is 12.1 Å². The summed E-state index contributed by atoms with van der Waals surface area (Å²) >= 11 is 0. The van der Waals surface area contributed by atoms with Crippen molar-refractivity contribution in [1.29, 1.82) is 0 Å². The summed E-state index contributed by atoms with van der Waals surface area (Å²) in [4.78, 5) is -0.806. The van der Waals surface area contributed by atoms with Crippen LogP contribution in [0.5, 0.6) is 0 Å². The number of benzene rings is 1. The number of sulfonamides is 1. The Labute approximate surface area is 113 Å². The highest BCUT2D eigenvalue weighted by Crippen LogP contribution is 2.33. The molecule has 2 rings (SSSR count). The Morgan fingerprint density at radius 1 is 1.10 bits per heavy atom. The van der Waals surface area contributed by atoms with E-state index < -0.39 is 26.7 Å². The normalized spacial score (nSPS) is 12.6. The molecule has 0 amide bonds. The highest BCUT2D eigenvalue weighted by Gasteiger charge is 2.36. The SMILES string of the molecule is O=S(=O)(NCc1ccco1)c1ccccc1C(F)(F)F. The van der Waals surface area contributed by atoms with Gasteiger partial charge in [-0.3, -0.25) is 0 Å². The summed E-state index contributed by atoms with van der Waals surface area (Å²) in [5.74, 6) is 0.304. The molecule has 1 aromatic heterocycles. The summed E-state index contributed by atoms with van der Waals surface area (Å²) in [6.07, 6.45) is -3.40. The van der Waals surface area contributed by atoms with E-state index in [9.17, 15) is 21.6 Å². The molecule has 0 aliphatic carbocycles. The first kappa shape index (κ1) is 14.6. The van der Waals surface area contributed by atoms with Crippen molar-refractivity contribution in [3.63, 3.8) is 0 Å². The van der Waals surface area contributed by atoms with Gasteiger partial charge in [0.25, 0.3) is 0 Å². The number of furan rings is 1. The van der Waals surface area contributed by atoms with Gasteiger partial charge in [-0.05, 0) is 24.3 Å². The minimum Gasteiger partial charge on any atom is -0.468 e. The van der Waals surface area contributed by atoms with Crippen LogP contribution in [0.3, 0.4) is 0 Å². The van der Waals surface area contributed by atoms with E-state index in [0.717, 1.165) is 18.2 Å². The Bertz CT molecular complexity index is 678. The fourth-order valence-corrected chi connectivity index (χ4v) is 2.81. The highest BCUT2D eigenvalue weighted by molar-refractivity contribution is 7.89. The molecule has 0 atom stereocenters. The van der Waals surface area contributed by atoms with Gasteiger partial charge >= 0.3 is 6.18 Å². The van der Waals surface area contributed by atoms with Crippen molar-refractivity contribution in [2.24, 2.45) is 0 Å². The molecule has 0 spiro atoms. The monoisotopic (exact) mass is 305 g/mol. The van der Waals surface area contributed by atoms with Crippen LogP contribution in [0.15, 0.2) is 52.0 Å². The van der Waals surface area contributed by atoms with Crippen LogP contribution in [-0.2, 0) is 22.7 Å². The lowest BCUT2D eigenvalue weighted by Crippen LogP contribution is -2.25. The van der Waals surface area contributed by atoms with E-state index in [2.05, 4.69) is 4.72 Å². The maximum absolute atomic E-state index is 12.8. The molecule has 0 aliphatic rings. The minimum atomic E-state index is -4.74. The molecule has 0 unspecified atom stereocenters. The van der Waals surface area contributed by atoms with Crippen molar-refractivity contribution < 1.29 is 26.0 Å². The van der Waals surface area contributed by atoms with Gasteiger partial charge in [-0.15, -0.1) is 0 Å². The third-order valence-electron chi connectivity index (χ3n) is 2.50. The number of alkyl halides is 3. The van der Waals surface area contributed by atoms with E-state index in [4.69, 9.17) is 4.42 Å². The van der Waals surface area contributed by atoms with Gasteiger partial charge in [0, 0.05) is 0 Å². The molecule has 4 nitrogen and oxygen atoms in total. The largest absolute Gasteiger partial charge is 0.468 e. The van der Waals surface area contributed by atoms with Crippen LogP contribution in [0.4, 0.5) is 13.2 Å². The Balaban J connectivity index is 2.30.